The van der Waals surface area contributed by atoms with E-state index in [-0.39, 0.29) is 5.41 Å². The van der Waals surface area contributed by atoms with E-state index in [1.165, 1.54) is 6.42 Å². The molecule has 0 spiro atoms. The van der Waals surface area contributed by atoms with Crippen molar-refractivity contribution in [2.75, 3.05) is 19.7 Å². The lowest BCUT2D eigenvalue weighted by molar-refractivity contribution is -0.114. The summed E-state index contributed by atoms with van der Waals surface area (Å²) in [5, 5.41) is 3.69. The molecule has 0 saturated heterocycles. The first-order valence-corrected chi connectivity index (χ1v) is 7.07. The number of hydrogen-bond donors (Lipinski definition) is 2. The Kier molecular flexibility index (Phi) is 5.90. The van der Waals surface area contributed by atoms with Crippen LogP contribution in [0.15, 0.2) is 0 Å². The van der Waals surface area contributed by atoms with Crippen molar-refractivity contribution in [1.82, 2.24) is 5.32 Å². The summed E-state index contributed by atoms with van der Waals surface area (Å²) in [6, 6.07) is 0.611. The van der Waals surface area contributed by atoms with Gasteiger partial charge in [0.1, 0.15) is 0 Å². The van der Waals surface area contributed by atoms with E-state index in [1.54, 1.807) is 0 Å². The Morgan fingerprint density at radius 3 is 2.71 bits per heavy atom. The Balaban J connectivity index is 2.21. The van der Waals surface area contributed by atoms with Crippen molar-refractivity contribution >= 4 is 0 Å². The summed E-state index contributed by atoms with van der Waals surface area (Å²) in [6.45, 7) is 11.7. The summed E-state index contributed by atoms with van der Waals surface area (Å²) in [6.07, 6.45) is 3.96. The molecule has 3 unspecified atom stereocenters. The number of nitrogens with two attached hydrogens (primary N) is 1. The van der Waals surface area contributed by atoms with Crippen LogP contribution in [-0.2, 0) is 4.74 Å². The predicted molar refractivity (Wildman–Crippen MR) is 73.1 cm³/mol. The first kappa shape index (κ1) is 14.9. The van der Waals surface area contributed by atoms with Gasteiger partial charge in [-0.25, -0.2) is 0 Å². The van der Waals surface area contributed by atoms with Crippen molar-refractivity contribution in [3.8, 4) is 0 Å². The molecule has 102 valence electrons. The van der Waals surface area contributed by atoms with Crippen LogP contribution in [0.4, 0.5) is 0 Å². The summed E-state index contributed by atoms with van der Waals surface area (Å²) >= 11 is 0. The minimum Gasteiger partial charge on any atom is -0.378 e. The van der Waals surface area contributed by atoms with Crippen LogP contribution in [-0.4, -0.2) is 31.8 Å². The molecule has 0 aromatic carbocycles. The van der Waals surface area contributed by atoms with Crippen molar-refractivity contribution in [2.24, 2.45) is 17.1 Å². The zero-order valence-electron chi connectivity index (χ0n) is 12.0. The number of ether oxygens (including phenoxy) is 1. The van der Waals surface area contributed by atoms with E-state index in [2.05, 4.69) is 33.0 Å². The molecule has 0 heterocycles. The highest BCUT2D eigenvalue weighted by molar-refractivity contribution is 5.02. The van der Waals surface area contributed by atoms with Crippen LogP contribution in [0.25, 0.3) is 0 Å². The van der Waals surface area contributed by atoms with Gasteiger partial charge in [-0.3, -0.25) is 0 Å². The zero-order chi connectivity index (χ0) is 12.9. The van der Waals surface area contributed by atoms with Gasteiger partial charge in [0, 0.05) is 18.1 Å². The van der Waals surface area contributed by atoms with Crippen molar-refractivity contribution in [2.45, 2.75) is 59.1 Å². The van der Waals surface area contributed by atoms with Crippen LogP contribution in [0, 0.1) is 11.3 Å². The van der Waals surface area contributed by atoms with Gasteiger partial charge < -0.3 is 15.8 Å². The molecule has 1 aliphatic carbocycles. The molecule has 1 saturated carbocycles. The van der Waals surface area contributed by atoms with E-state index in [0.29, 0.717) is 12.1 Å². The third-order valence-corrected chi connectivity index (χ3v) is 4.16. The van der Waals surface area contributed by atoms with Crippen molar-refractivity contribution in [3.63, 3.8) is 0 Å². The quantitative estimate of drug-likeness (QED) is 0.685. The molecule has 1 fully saturated rings. The van der Waals surface area contributed by atoms with Crippen LogP contribution in [0.5, 0.6) is 0 Å². The second kappa shape index (κ2) is 6.72. The van der Waals surface area contributed by atoms with Crippen LogP contribution >= 0.6 is 0 Å². The minimum atomic E-state index is 0.281. The zero-order valence-corrected chi connectivity index (χ0v) is 12.0. The largest absolute Gasteiger partial charge is 0.378 e. The first-order chi connectivity index (χ1) is 8.02. The highest BCUT2D eigenvalue weighted by atomic mass is 16.5. The highest BCUT2D eigenvalue weighted by Crippen LogP contribution is 2.42. The van der Waals surface area contributed by atoms with Crippen LogP contribution < -0.4 is 11.1 Å². The van der Waals surface area contributed by atoms with Crippen molar-refractivity contribution in [1.29, 1.82) is 0 Å². The average molecular weight is 242 g/mol. The summed E-state index contributed by atoms with van der Waals surface area (Å²) < 4.78 is 5.74. The molecule has 0 radical (unpaired) electrons. The Labute approximate surface area is 106 Å². The molecule has 3 atom stereocenters. The number of hydrogen-bond acceptors (Lipinski definition) is 3. The second-order valence-corrected chi connectivity index (χ2v) is 6.00. The van der Waals surface area contributed by atoms with E-state index >= 15 is 0 Å². The van der Waals surface area contributed by atoms with E-state index in [4.69, 9.17) is 10.5 Å². The molecule has 0 amide bonds. The SMILES string of the molecule is CCOC1CC(NCC(C)CCCN)C1(C)C. The van der Waals surface area contributed by atoms with Gasteiger partial charge in [-0.15, -0.1) is 0 Å². The van der Waals surface area contributed by atoms with Gasteiger partial charge in [-0.1, -0.05) is 20.8 Å². The fourth-order valence-electron chi connectivity index (χ4n) is 2.63. The topological polar surface area (TPSA) is 47.3 Å². The minimum absolute atomic E-state index is 0.281. The van der Waals surface area contributed by atoms with E-state index in [1.807, 2.05) is 0 Å². The normalized spacial score (nSPS) is 28.8. The molecular formula is C14H30N2O. The molecule has 0 aliphatic heterocycles. The maximum absolute atomic E-state index is 5.74. The highest BCUT2D eigenvalue weighted by Gasteiger charge is 2.48. The van der Waals surface area contributed by atoms with Gasteiger partial charge in [0.15, 0.2) is 0 Å². The Morgan fingerprint density at radius 2 is 2.18 bits per heavy atom. The molecule has 0 aromatic rings. The van der Waals surface area contributed by atoms with Gasteiger partial charge in [-0.2, -0.15) is 0 Å². The molecule has 3 nitrogen and oxygen atoms in total. The molecule has 3 N–H and O–H groups in total. The standard InChI is InChI=1S/C14H30N2O/c1-5-17-13-9-12(14(13,3)4)16-10-11(2)7-6-8-15/h11-13,16H,5-10,15H2,1-4H3. The Bertz CT molecular complexity index is 218. The average Bonchev–Trinajstić information content (AvgIpc) is 2.30. The smallest absolute Gasteiger partial charge is 0.0655 e. The van der Waals surface area contributed by atoms with E-state index in [9.17, 15) is 0 Å². The summed E-state index contributed by atoms with van der Waals surface area (Å²) in [7, 11) is 0. The van der Waals surface area contributed by atoms with Gasteiger partial charge in [0.2, 0.25) is 0 Å². The fraction of sp³-hybridized carbons (Fsp3) is 1.00. The summed E-state index contributed by atoms with van der Waals surface area (Å²) in [4.78, 5) is 0. The lowest BCUT2D eigenvalue weighted by atomic mass is 9.64. The lowest BCUT2D eigenvalue weighted by Gasteiger charge is -2.52. The first-order valence-electron chi connectivity index (χ1n) is 7.07. The molecule has 1 rings (SSSR count). The van der Waals surface area contributed by atoms with Crippen LogP contribution in [0.3, 0.4) is 0 Å². The maximum atomic E-state index is 5.74. The van der Waals surface area contributed by atoms with Crippen molar-refractivity contribution in [3.05, 3.63) is 0 Å². The molecular weight excluding hydrogens is 212 g/mol. The molecule has 1 aliphatic rings. The van der Waals surface area contributed by atoms with E-state index in [0.717, 1.165) is 38.5 Å². The number of nitrogens with one attached hydrogen (secondary N) is 1. The summed E-state index contributed by atoms with van der Waals surface area (Å²) in [5.41, 5.74) is 5.81. The molecule has 0 bridgehead atoms. The van der Waals surface area contributed by atoms with Gasteiger partial charge in [0.05, 0.1) is 6.10 Å². The fourth-order valence-corrected chi connectivity index (χ4v) is 2.63. The molecule has 3 heteroatoms. The van der Waals surface area contributed by atoms with E-state index < -0.39 is 0 Å². The molecule has 17 heavy (non-hydrogen) atoms. The van der Waals surface area contributed by atoms with Crippen LogP contribution in [0.2, 0.25) is 0 Å². The van der Waals surface area contributed by atoms with Crippen LogP contribution in [0.1, 0.15) is 47.0 Å². The van der Waals surface area contributed by atoms with Crippen molar-refractivity contribution < 1.29 is 4.74 Å². The lowest BCUT2D eigenvalue weighted by Crippen LogP contribution is -2.61. The summed E-state index contributed by atoms with van der Waals surface area (Å²) in [5.74, 6) is 0.723. The van der Waals surface area contributed by atoms with Gasteiger partial charge in [0.25, 0.3) is 0 Å². The third kappa shape index (κ3) is 3.94. The molecule has 0 aromatic heterocycles. The number of rotatable bonds is 8. The predicted octanol–water partition coefficient (Wildman–Crippen LogP) is 2.15. The third-order valence-electron chi connectivity index (χ3n) is 4.16. The maximum Gasteiger partial charge on any atom is 0.0655 e. The Morgan fingerprint density at radius 1 is 1.47 bits per heavy atom. The Hall–Kier alpha value is -0.120. The van der Waals surface area contributed by atoms with Gasteiger partial charge >= 0.3 is 0 Å². The van der Waals surface area contributed by atoms with Gasteiger partial charge in [-0.05, 0) is 45.2 Å². The second-order valence-electron chi connectivity index (χ2n) is 6.00. The monoisotopic (exact) mass is 242 g/mol.